The van der Waals surface area contributed by atoms with Crippen LogP contribution < -0.4 is 10.6 Å². The molecule has 0 unspecified atom stereocenters. The van der Waals surface area contributed by atoms with E-state index < -0.39 is 10.0 Å². The molecule has 1 saturated heterocycles. The second-order valence-electron chi connectivity index (χ2n) is 5.50. The van der Waals surface area contributed by atoms with Crippen LogP contribution in [0.4, 0.5) is 0 Å². The predicted molar refractivity (Wildman–Crippen MR) is 89.1 cm³/mol. The van der Waals surface area contributed by atoms with Crippen molar-refractivity contribution in [3.8, 4) is 0 Å². The van der Waals surface area contributed by atoms with Crippen molar-refractivity contribution < 1.29 is 18.0 Å². The average Bonchev–Trinajstić information content (AvgIpc) is 2.61. The first-order chi connectivity index (χ1) is 11.4. The van der Waals surface area contributed by atoms with Crippen LogP contribution in [0.2, 0.25) is 0 Å². The molecular weight excluding hydrogens is 332 g/mol. The number of benzene rings is 1. The smallest absolute Gasteiger partial charge is 0.251 e. The molecule has 0 aliphatic carbocycles. The number of likely N-dealkylation sites (N-methyl/N-ethyl adjacent to an activating group) is 1. The van der Waals surface area contributed by atoms with Crippen LogP contribution in [0.15, 0.2) is 29.2 Å². The second-order valence-corrected chi connectivity index (χ2v) is 7.54. The third-order valence-corrected chi connectivity index (χ3v) is 5.70. The van der Waals surface area contributed by atoms with E-state index in [0.29, 0.717) is 31.7 Å². The highest BCUT2D eigenvalue weighted by Gasteiger charge is 2.26. The van der Waals surface area contributed by atoms with Crippen LogP contribution in [0.1, 0.15) is 10.4 Å². The Morgan fingerprint density at radius 1 is 1.21 bits per heavy atom. The van der Waals surface area contributed by atoms with E-state index in [1.165, 1.54) is 38.4 Å². The van der Waals surface area contributed by atoms with E-state index in [9.17, 15) is 18.0 Å². The van der Waals surface area contributed by atoms with Crippen molar-refractivity contribution in [2.24, 2.45) is 0 Å². The van der Waals surface area contributed by atoms with E-state index in [1.807, 2.05) is 0 Å². The van der Waals surface area contributed by atoms with E-state index in [0.717, 1.165) is 4.31 Å². The maximum atomic E-state index is 12.5. The Hall–Kier alpha value is -1.97. The fourth-order valence-corrected chi connectivity index (χ4v) is 3.51. The molecule has 8 nitrogen and oxygen atoms in total. The molecule has 0 aromatic heterocycles. The molecule has 1 aliphatic rings. The van der Waals surface area contributed by atoms with Gasteiger partial charge < -0.3 is 15.5 Å². The number of sulfonamides is 1. The predicted octanol–water partition coefficient (Wildman–Crippen LogP) is -0.901. The lowest BCUT2D eigenvalue weighted by Crippen LogP contribution is -2.49. The molecule has 9 heteroatoms. The van der Waals surface area contributed by atoms with Crippen molar-refractivity contribution in [3.05, 3.63) is 29.8 Å². The third-order valence-electron chi connectivity index (χ3n) is 3.88. The van der Waals surface area contributed by atoms with E-state index in [2.05, 4.69) is 10.6 Å². The maximum absolute atomic E-state index is 12.5. The van der Waals surface area contributed by atoms with Gasteiger partial charge in [0.05, 0.1) is 11.4 Å². The van der Waals surface area contributed by atoms with Crippen molar-refractivity contribution in [1.29, 1.82) is 0 Å². The van der Waals surface area contributed by atoms with E-state index >= 15 is 0 Å². The third kappa shape index (κ3) is 4.11. The SMILES string of the molecule is CNC(=O)c1ccc(S(=O)(=O)N(C)CC(=O)N2CCNCC2)cc1. The number of rotatable bonds is 5. The van der Waals surface area contributed by atoms with Crippen LogP contribution >= 0.6 is 0 Å². The summed E-state index contributed by atoms with van der Waals surface area (Å²) >= 11 is 0. The van der Waals surface area contributed by atoms with E-state index in [4.69, 9.17) is 0 Å². The van der Waals surface area contributed by atoms with Gasteiger partial charge in [-0.15, -0.1) is 0 Å². The van der Waals surface area contributed by atoms with Gasteiger partial charge in [0, 0.05) is 45.8 Å². The number of nitrogens with one attached hydrogen (secondary N) is 2. The van der Waals surface area contributed by atoms with Gasteiger partial charge in [-0.2, -0.15) is 4.31 Å². The molecule has 24 heavy (non-hydrogen) atoms. The topological polar surface area (TPSA) is 98.8 Å². The molecule has 1 aliphatic heterocycles. The van der Waals surface area contributed by atoms with E-state index in [-0.39, 0.29) is 23.3 Å². The Morgan fingerprint density at radius 2 is 1.79 bits per heavy atom. The Balaban J connectivity index is 2.08. The number of carbonyl (C=O) groups excluding carboxylic acids is 2. The van der Waals surface area contributed by atoms with Crippen LogP contribution in [0.3, 0.4) is 0 Å². The summed E-state index contributed by atoms with van der Waals surface area (Å²) in [5.41, 5.74) is 0.371. The van der Waals surface area contributed by atoms with Crippen LogP contribution in [-0.2, 0) is 14.8 Å². The molecule has 0 spiro atoms. The van der Waals surface area contributed by atoms with Gasteiger partial charge >= 0.3 is 0 Å². The molecule has 2 N–H and O–H groups in total. The minimum Gasteiger partial charge on any atom is -0.355 e. The van der Waals surface area contributed by atoms with Gasteiger partial charge in [-0.3, -0.25) is 9.59 Å². The van der Waals surface area contributed by atoms with Crippen LogP contribution in [-0.4, -0.2) is 76.3 Å². The molecule has 2 rings (SSSR count). The number of amides is 2. The van der Waals surface area contributed by atoms with Crippen LogP contribution in [0.5, 0.6) is 0 Å². The van der Waals surface area contributed by atoms with Gasteiger partial charge in [0.2, 0.25) is 15.9 Å². The summed E-state index contributed by atoms with van der Waals surface area (Å²) in [6.45, 7) is 2.37. The minimum atomic E-state index is -3.78. The molecule has 1 fully saturated rings. The summed E-state index contributed by atoms with van der Waals surface area (Å²) in [4.78, 5) is 25.4. The molecule has 1 aromatic carbocycles. The largest absolute Gasteiger partial charge is 0.355 e. The molecule has 132 valence electrons. The number of hydrogen-bond acceptors (Lipinski definition) is 5. The summed E-state index contributed by atoms with van der Waals surface area (Å²) in [6.07, 6.45) is 0. The fourth-order valence-electron chi connectivity index (χ4n) is 2.39. The lowest BCUT2D eigenvalue weighted by atomic mass is 10.2. The standard InChI is InChI=1S/C15H22N4O4S/c1-16-15(21)12-3-5-13(6-4-12)24(22,23)18(2)11-14(20)19-9-7-17-8-10-19/h3-6,17H,7-11H2,1-2H3,(H,16,21). The van der Waals surface area contributed by atoms with Crippen molar-refractivity contribution in [1.82, 2.24) is 19.8 Å². The summed E-state index contributed by atoms with van der Waals surface area (Å²) < 4.78 is 26.1. The first-order valence-electron chi connectivity index (χ1n) is 7.63. The Kier molecular flexibility index (Phi) is 5.92. The molecule has 2 amide bonds. The zero-order chi connectivity index (χ0) is 17.7. The van der Waals surface area contributed by atoms with Gasteiger partial charge in [0.25, 0.3) is 5.91 Å². The van der Waals surface area contributed by atoms with Crippen molar-refractivity contribution in [3.63, 3.8) is 0 Å². The number of piperazine rings is 1. The van der Waals surface area contributed by atoms with Crippen molar-refractivity contribution in [2.75, 3.05) is 46.8 Å². The number of hydrogen-bond donors (Lipinski definition) is 2. The Morgan fingerprint density at radius 3 is 2.33 bits per heavy atom. The van der Waals surface area contributed by atoms with Gasteiger partial charge in [-0.05, 0) is 24.3 Å². The molecule has 1 aromatic rings. The van der Waals surface area contributed by atoms with Crippen molar-refractivity contribution in [2.45, 2.75) is 4.90 Å². The van der Waals surface area contributed by atoms with Crippen LogP contribution in [0, 0.1) is 0 Å². The quantitative estimate of drug-likeness (QED) is 0.714. The summed E-state index contributed by atoms with van der Waals surface area (Å²) in [5, 5.41) is 5.61. The Bertz CT molecular complexity index is 697. The second kappa shape index (κ2) is 7.73. The minimum absolute atomic E-state index is 0.0470. The normalized spacial score (nSPS) is 15.4. The van der Waals surface area contributed by atoms with E-state index in [1.54, 1.807) is 4.90 Å². The first kappa shape index (κ1) is 18.4. The summed E-state index contributed by atoms with van der Waals surface area (Å²) in [6, 6.07) is 5.62. The van der Waals surface area contributed by atoms with Gasteiger partial charge in [-0.25, -0.2) is 8.42 Å². The first-order valence-corrected chi connectivity index (χ1v) is 9.07. The monoisotopic (exact) mass is 354 g/mol. The molecule has 0 bridgehead atoms. The summed E-state index contributed by atoms with van der Waals surface area (Å²) in [7, 11) is -0.904. The zero-order valence-electron chi connectivity index (χ0n) is 13.8. The van der Waals surface area contributed by atoms with Gasteiger partial charge in [0.1, 0.15) is 0 Å². The lowest BCUT2D eigenvalue weighted by molar-refractivity contribution is -0.131. The average molecular weight is 354 g/mol. The van der Waals surface area contributed by atoms with Gasteiger partial charge in [-0.1, -0.05) is 0 Å². The molecule has 0 atom stereocenters. The lowest BCUT2D eigenvalue weighted by Gasteiger charge is -2.29. The number of nitrogens with zero attached hydrogens (tertiary/aromatic N) is 2. The molecule has 0 radical (unpaired) electrons. The zero-order valence-corrected chi connectivity index (χ0v) is 14.6. The molecule has 0 saturated carbocycles. The highest BCUT2D eigenvalue weighted by molar-refractivity contribution is 7.89. The molecule has 1 heterocycles. The highest BCUT2D eigenvalue weighted by atomic mass is 32.2. The Labute approximate surface area is 141 Å². The summed E-state index contributed by atoms with van der Waals surface area (Å²) in [5.74, 6) is -0.509. The van der Waals surface area contributed by atoms with Crippen LogP contribution in [0.25, 0.3) is 0 Å². The van der Waals surface area contributed by atoms with Gasteiger partial charge in [0.15, 0.2) is 0 Å². The fraction of sp³-hybridized carbons (Fsp3) is 0.467. The highest BCUT2D eigenvalue weighted by Crippen LogP contribution is 2.15. The number of carbonyl (C=O) groups is 2. The maximum Gasteiger partial charge on any atom is 0.251 e. The van der Waals surface area contributed by atoms with Crippen molar-refractivity contribution >= 4 is 21.8 Å². The molecular formula is C15H22N4O4S.